The Balaban J connectivity index is 2.02. The Morgan fingerprint density at radius 1 is 1.07 bits per heavy atom. The molecule has 5 nitrogen and oxygen atoms in total. The van der Waals surface area contributed by atoms with Crippen LogP contribution in [0.4, 0.5) is 13.2 Å². The molecule has 2 aromatic rings. The molecule has 30 heavy (non-hydrogen) atoms. The zero-order valence-corrected chi connectivity index (χ0v) is 16.9. The summed E-state index contributed by atoms with van der Waals surface area (Å²) < 4.78 is 44.7. The summed E-state index contributed by atoms with van der Waals surface area (Å²) in [5, 5.41) is 11.8. The van der Waals surface area contributed by atoms with E-state index in [-0.39, 0.29) is 24.0 Å². The van der Waals surface area contributed by atoms with Gasteiger partial charge in [0.2, 0.25) is 5.91 Å². The molecule has 0 radical (unpaired) electrons. The van der Waals surface area contributed by atoms with Crippen molar-refractivity contribution in [1.82, 2.24) is 5.32 Å². The highest BCUT2D eigenvalue weighted by molar-refractivity contribution is 5.87. The third-order valence-electron chi connectivity index (χ3n) is 4.61. The van der Waals surface area contributed by atoms with Crippen molar-refractivity contribution in [1.29, 1.82) is 0 Å². The van der Waals surface area contributed by atoms with Crippen LogP contribution in [0.1, 0.15) is 60.3 Å². The van der Waals surface area contributed by atoms with Crippen molar-refractivity contribution in [3.8, 4) is 0 Å². The first kappa shape index (κ1) is 23.4. The van der Waals surface area contributed by atoms with Gasteiger partial charge in [0.1, 0.15) is 11.9 Å². The first-order valence-electron chi connectivity index (χ1n) is 9.41. The highest BCUT2D eigenvalue weighted by Crippen LogP contribution is 2.23. The fourth-order valence-electron chi connectivity index (χ4n) is 2.89. The summed E-state index contributed by atoms with van der Waals surface area (Å²) in [7, 11) is 0. The van der Waals surface area contributed by atoms with Gasteiger partial charge in [-0.05, 0) is 42.2 Å². The molecule has 8 heteroatoms. The van der Waals surface area contributed by atoms with Gasteiger partial charge in [0, 0.05) is 0 Å². The molecular formula is C22H24F3NO4. The number of nitrogens with one attached hydrogen (secondary N) is 1. The Hall–Kier alpha value is -2.87. The number of carbonyl (C=O) groups excluding carboxylic acids is 1. The number of aromatic carboxylic acids is 1. The number of amides is 1. The molecule has 0 aliphatic rings. The summed E-state index contributed by atoms with van der Waals surface area (Å²) >= 11 is 0. The molecule has 2 aromatic carbocycles. The highest BCUT2D eigenvalue weighted by Gasteiger charge is 2.25. The van der Waals surface area contributed by atoms with E-state index in [2.05, 4.69) is 5.32 Å². The highest BCUT2D eigenvalue weighted by atomic mass is 19.3. The number of hydrogen-bond donors (Lipinski definition) is 2. The normalized spacial score (nSPS) is 13.3. The summed E-state index contributed by atoms with van der Waals surface area (Å²) in [4.78, 5) is 23.6. The van der Waals surface area contributed by atoms with Crippen LogP contribution in [0.15, 0.2) is 42.5 Å². The predicted octanol–water partition coefficient (Wildman–Crippen LogP) is 4.88. The third kappa shape index (κ3) is 6.06. The number of hydrogen-bond acceptors (Lipinski definition) is 3. The van der Waals surface area contributed by atoms with E-state index in [9.17, 15) is 22.8 Å². The number of rotatable bonds is 9. The maximum absolute atomic E-state index is 13.7. The van der Waals surface area contributed by atoms with Crippen molar-refractivity contribution >= 4 is 11.9 Å². The maximum atomic E-state index is 13.7. The number of carboxylic acids is 1. The Morgan fingerprint density at radius 2 is 1.70 bits per heavy atom. The second kappa shape index (κ2) is 10.2. The monoisotopic (exact) mass is 423 g/mol. The molecule has 0 saturated carbocycles. The molecule has 0 aliphatic heterocycles. The van der Waals surface area contributed by atoms with Gasteiger partial charge in [-0.3, -0.25) is 4.79 Å². The number of carbonyl (C=O) groups is 2. The lowest BCUT2D eigenvalue weighted by molar-refractivity contribution is -0.137. The Bertz CT molecular complexity index is 884. The average Bonchev–Trinajstić information content (AvgIpc) is 2.67. The zero-order chi connectivity index (χ0) is 22.4. The van der Waals surface area contributed by atoms with E-state index in [0.717, 1.165) is 17.7 Å². The predicted molar refractivity (Wildman–Crippen MR) is 105 cm³/mol. The quantitative estimate of drug-likeness (QED) is 0.603. The molecule has 2 N–H and O–H groups in total. The fourth-order valence-corrected chi connectivity index (χ4v) is 2.89. The molecule has 0 spiro atoms. The molecule has 0 aromatic heterocycles. The zero-order valence-electron chi connectivity index (χ0n) is 16.9. The van der Waals surface area contributed by atoms with Crippen LogP contribution in [0, 0.1) is 11.7 Å². The standard InChI is InChI=1S/C22H24F3NO4/c1-12(2)19(30-11-14-4-9-17(20(24)25)18(23)10-14)21(27)26-13(3)15-5-7-16(8-6-15)22(28)29/h4-10,12-13,19-20H,11H2,1-3H3,(H,26,27)(H,28,29)/t13-,19+/m0/s1. The molecule has 2 atom stereocenters. The first-order chi connectivity index (χ1) is 14.1. The van der Waals surface area contributed by atoms with E-state index in [1.165, 1.54) is 18.2 Å². The summed E-state index contributed by atoms with van der Waals surface area (Å²) in [6, 6.07) is 9.07. The number of ether oxygens (including phenoxy) is 1. The van der Waals surface area contributed by atoms with E-state index >= 15 is 0 Å². The number of halogens is 3. The molecular weight excluding hydrogens is 399 g/mol. The molecule has 0 aliphatic carbocycles. The van der Waals surface area contributed by atoms with Gasteiger partial charge in [0.15, 0.2) is 0 Å². The molecule has 0 bridgehead atoms. The Kier molecular flexibility index (Phi) is 8.00. The topological polar surface area (TPSA) is 75.6 Å². The van der Waals surface area contributed by atoms with Crippen LogP contribution in [0.25, 0.3) is 0 Å². The van der Waals surface area contributed by atoms with Crippen molar-refractivity contribution < 1.29 is 32.6 Å². The van der Waals surface area contributed by atoms with Gasteiger partial charge in [-0.2, -0.15) is 0 Å². The minimum Gasteiger partial charge on any atom is -0.478 e. The van der Waals surface area contributed by atoms with Crippen LogP contribution in [-0.2, 0) is 16.1 Å². The SMILES string of the molecule is CC(C)[C@@H](OCc1ccc(C(F)F)c(F)c1)C(=O)N[C@@H](C)c1ccc(C(=O)O)cc1. The van der Waals surface area contributed by atoms with E-state index < -0.39 is 35.9 Å². The van der Waals surface area contributed by atoms with E-state index in [1.54, 1.807) is 32.9 Å². The lowest BCUT2D eigenvalue weighted by atomic mass is 10.0. The minimum absolute atomic E-state index is 0.113. The molecule has 2 rings (SSSR count). The molecule has 0 unspecified atom stereocenters. The van der Waals surface area contributed by atoms with Crippen LogP contribution in [0.2, 0.25) is 0 Å². The fraction of sp³-hybridized carbons (Fsp3) is 0.364. The minimum atomic E-state index is -2.90. The molecule has 0 saturated heterocycles. The number of benzene rings is 2. The van der Waals surface area contributed by atoms with Crippen molar-refractivity contribution in [3.05, 3.63) is 70.5 Å². The Labute approximate surface area is 172 Å². The summed E-state index contributed by atoms with van der Waals surface area (Å²) in [6.07, 6.45) is -3.75. The van der Waals surface area contributed by atoms with Gasteiger partial charge in [-0.1, -0.05) is 38.1 Å². The second-order valence-corrected chi connectivity index (χ2v) is 7.29. The van der Waals surface area contributed by atoms with E-state index in [0.29, 0.717) is 5.56 Å². The lowest BCUT2D eigenvalue weighted by Crippen LogP contribution is -2.40. The molecule has 0 heterocycles. The second-order valence-electron chi connectivity index (χ2n) is 7.29. The smallest absolute Gasteiger partial charge is 0.335 e. The third-order valence-corrected chi connectivity index (χ3v) is 4.61. The number of alkyl halides is 2. The van der Waals surface area contributed by atoms with Crippen LogP contribution in [-0.4, -0.2) is 23.1 Å². The van der Waals surface area contributed by atoms with Crippen LogP contribution >= 0.6 is 0 Å². The van der Waals surface area contributed by atoms with Gasteiger partial charge < -0.3 is 15.2 Å². The van der Waals surface area contributed by atoms with Crippen molar-refractivity contribution in [2.45, 2.75) is 45.9 Å². The van der Waals surface area contributed by atoms with Crippen molar-refractivity contribution in [2.75, 3.05) is 0 Å². The average molecular weight is 423 g/mol. The van der Waals surface area contributed by atoms with Gasteiger partial charge in [0.25, 0.3) is 6.43 Å². The summed E-state index contributed by atoms with van der Waals surface area (Å²) in [5.41, 5.74) is 0.526. The van der Waals surface area contributed by atoms with Crippen LogP contribution in [0.5, 0.6) is 0 Å². The van der Waals surface area contributed by atoms with Crippen molar-refractivity contribution in [2.24, 2.45) is 5.92 Å². The first-order valence-corrected chi connectivity index (χ1v) is 9.41. The summed E-state index contributed by atoms with van der Waals surface area (Å²) in [6.45, 7) is 5.22. The lowest BCUT2D eigenvalue weighted by Gasteiger charge is -2.24. The van der Waals surface area contributed by atoms with Crippen LogP contribution < -0.4 is 5.32 Å². The molecule has 1 amide bonds. The van der Waals surface area contributed by atoms with Crippen molar-refractivity contribution in [3.63, 3.8) is 0 Å². The largest absolute Gasteiger partial charge is 0.478 e. The summed E-state index contributed by atoms with van der Waals surface area (Å²) in [5.74, 6) is -2.64. The van der Waals surface area contributed by atoms with Gasteiger partial charge in [0.05, 0.1) is 23.8 Å². The van der Waals surface area contributed by atoms with E-state index in [4.69, 9.17) is 9.84 Å². The maximum Gasteiger partial charge on any atom is 0.335 e. The van der Waals surface area contributed by atoms with Gasteiger partial charge >= 0.3 is 5.97 Å². The Morgan fingerprint density at radius 3 is 2.20 bits per heavy atom. The number of carboxylic acid groups (broad SMARTS) is 1. The van der Waals surface area contributed by atoms with E-state index in [1.807, 2.05) is 0 Å². The van der Waals surface area contributed by atoms with Gasteiger partial charge in [-0.15, -0.1) is 0 Å². The van der Waals surface area contributed by atoms with Gasteiger partial charge in [-0.25, -0.2) is 18.0 Å². The molecule has 162 valence electrons. The molecule has 0 fully saturated rings. The van der Waals surface area contributed by atoms with Crippen LogP contribution in [0.3, 0.4) is 0 Å².